The van der Waals surface area contributed by atoms with E-state index in [0.29, 0.717) is 6.47 Å². The average molecular weight is 120 g/mol. The van der Waals surface area contributed by atoms with Gasteiger partial charge in [0.15, 0.2) is 0 Å². The minimum atomic E-state index is -0.833. The van der Waals surface area contributed by atoms with Gasteiger partial charge in [-0.05, 0) is 0 Å². The van der Waals surface area contributed by atoms with Crippen molar-refractivity contribution in [1.82, 2.24) is 0 Å². The summed E-state index contributed by atoms with van der Waals surface area (Å²) in [6.07, 6.45) is 0. The van der Waals surface area contributed by atoms with Crippen molar-refractivity contribution >= 4 is 12.4 Å². The fraction of sp³-hybridized carbons (Fsp3) is 0.500. The van der Waals surface area contributed by atoms with Crippen molar-refractivity contribution in [3.05, 3.63) is 0 Å². The third-order valence-corrected chi connectivity index (χ3v) is 0.0962. The van der Waals surface area contributed by atoms with Gasteiger partial charge in [0.1, 0.15) is 0 Å². The lowest BCUT2D eigenvalue weighted by atomic mass is 10.9. The van der Waals surface area contributed by atoms with Crippen molar-refractivity contribution in [1.29, 1.82) is 0 Å². The van der Waals surface area contributed by atoms with E-state index in [1.54, 1.807) is 0 Å². The summed E-state index contributed by atoms with van der Waals surface area (Å²) in [7, 11) is 1.31. The molecule has 48 valence electrons. The monoisotopic (exact) mass is 120 g/mol. The highest BCUT2D eigenvalue weighted by atomic mass is 16.5. The van der Waals surface area contributed by atoms with E-state index < -0.39 is 5.97 Å². The molecule has 0 heterocycles. The van der Waals surface area contributed by atoms with E-state index in [4.69, 9.17) is 14.7 Å². The molecule has 0 aromatic heterocycles. The molecule has 0 fully saturated rings. The fourth-order valence-electron chi connectivity index (χ4n) is 0. The predicted molar refractivity (Wildman–Crippen MR) is 26.4 cm³/mol. The van der Waals surface area contributed by atoms with Crippen LogP contribution in [-0.2, 0) is 14.3 Å². The van der Waals surface area contributed by atoms with Crippen molar-refractivity contribution in [2.75, 3.05) is 7.11 Å². The summed E-state index contributed by atoms with van der Waals surface area (Å²) in [5.74, 6) is -0.833. The number of hydrogen-bond acceptors (Lipinski definition) is 3. The van der Waals surface area contributed by atoms with Crippen LogP contribution >= 0.6 is 0 Å². The molecule has 8 heavy (non-hydrogen) atoms. The number of carboxylic acid groups (broad SMARTS) is 1. The summed E-state index contributed by atoms with van der Waals surface area (Å²) in [5.41, 5.74) is 0. The lowest BCUT2D eigenvalue weighted by Crippen LogP contribution is -1.78. The largest absolute Gasteiger partial charge is 0.481 e. The van der Waals surface area contributed by atoms with Crippen molar-refractivity contribution in [2.45, 2.75) is 6.92 Å². The van der Waals surface area contributed by atoms with Crippen LogP contribution in [0, 0.1) is 0 Å². The molecule has 0 atom stereocenters. The van der Waals surface area contributed by atoms with Crippen molar-refractivity contribution in [2.24, 2.45) is 0 Å². The van der Waals surface area contributed by atoms with Crippen molar-refractivity contribution < 1.29 is 19.4 Å². The van der Waals surface area contributed by atoms with Gasteiger partial charge in [-0.15, -0.1) is 0 Å². The smallest absolute Gasteiger partial charge is 0.300 e. The molecule has 4 heteroatoms. The Bertz CT molecular complexity index is 64.4. The SMILES string of the molecule is CC(=O)O.COC=O. The summed E-state index contributed by atoms with van der Waals surface area (Å²) in [6.45, 7) is 1.46. The topological polar surface area (TPSA) is 63.6 Å². The lowest BCUT2D eigenvalue weighted by molar-refractivity contribution is -0.134. The first-order chi connectivity index (χ1) is 3.65. The zero-order valence-electron chi connectivity index (χ0n) is 4.75. The average Bonchev–Trinajstić information content (AvgIpc) is 1.65. The predicted octanol–water partition coefficient (Wildman–Crippen LogP) is -0.120. The van der Waals surface area contributed by atoms with E-state index in [0.717, 1.165) is 6.92 Å². The van der Waals surface area contributed by atoms with E-state index in [1.807, 2.05) is 0 Å². The Labute approximate surface area is 47.1 Å². The summed E-state index contributed by atoms with van der Waals surface area (Å²) < 4.78 is 3.86. The molecule has 0 saturated carbocycles. The maximum atomic E-state index is 9.00. The number of hydrogen-bond donors (Lipinski definition) is 1. The van der Waals surface area contributed by atoms with Gasteiger partial charge in [0, 0.05) is 6.92 Å². The molecule has 1 N–H and O–H groups in total. The molecule has 0 saturated heterocycles. The van der Waals surface area contributed by atoms with E-state index in [-0.39, 0.29) is 0 Å². The van der Waals surface area contributed by atoms with Gasteiger partial charge < -0.3 is 9.84 Å². The minimum Gasteiger partial charge on any atom is -0.481 e. The van der Waals surface area contributed by atoms with Crippen LogP contribution in [0.1, 0.15) is 6.92 Å². The molecule has 0 radical (unpaired) electrons. The Kier molecular flexibility index (Phi) is 11.7. The second-order valence-electron chi connectivity index (χ2n) is 0.851. The number of methoxy groups -OCH3 is 1. The summed E-state index contributed by atoms with van der Waals surface area (Å²) in [5, 5.41) is 7.42. The molecular weight excluding hydrogens is 112 g/mol. The van der Waals surface area contributed by atoms with E-state index >= 15 is 0 Å². The molecule has 4 nitrogen and oxygen atoms in total. The van der Waals surface area contributed by atoms with Gasteiger partial charge >= 0.3 is 0 Å². The molecular formula is C4H8O4. The second kappa shape index (κ2) is 9.34. The number of ether oxygens (including phenoxy) is 1. The Balaban J connectivity index is 0. The summed E-state index contributed by atoms with van der Waals surface area (Å²) >= 11 is 0. The minimum absolute atomic E-state index is 0.375. The van der Waals surface area contributed by atoms with Gasteiger partial charge in [-0.1, -0.05) is 0 Å². The standard InChI is InChI=1S/2C2H4O2/c1-4-2-3;1-2(3)4/h2H,1H3;1H3,(H,3,4). The van der Waals surface area contributed by atoms with Gasteiger partial charge in [0.25, 0.3) is 12.4 Å². The van der Waals surface area contributed by atoms with Crippen LogP contribution in [0.3, 0.4) is 0 Å². The summed E-state index contributed by atoms with van der Waals surface area (Å²) in [6, 6.07) is 0. The van der Waals surface area contributed by atoms with E-state index in [2.05, 4.69) is 4.74 Å². The third kappa shape index (κ3) is 21300. The Morgan fingerprint density at radius 1 is 1.75 bits per heavy atom. The van der Waals surface area contributed by atoms with Gasteiger partial charge in [-0.3, -0.25) is 9.59 Å². The Morgan fingerprint density at radius 3 is 1.88 bits per heavy atom. The number of rotatable bonds is 1. The van der Waals surface area contributed by atoms with E-state index in [9.17, 15) is 0 Å². The first kappa shape index (κ1) is 10.0. The van der Waals surface area contributed by atoms with Gasteiger partial charge in [-0.25, -0.2) is 0 Å². The molecule has 0 aliphatic carbocycles. The first-order valence-electron chi connectivity index (χ1n) is 1.81. The van der Waals surface area contributed by atoms with Crippen molar-refractivity contribution in [3.63, 3.8) is 0 Å². The zero-order valence-corrected chi connectivity index (χ0v) is 4.75. The van der Waals surface area contributed by atoms with Crippen LogP contribution in [0.4, 0.5) is 0 Å². The Morgan fingerprint density at radius 2 is 1.88 bits per heavy atom. The van der Waals surface area contributed by atoms with Crippen LogP contribution in [0.15, 0.2) is 0 Å². The highest BCUT2D eigenvalue weighted by Crippen LogP contribution is 1.42. The molecule has 0 bridgehead atoms. The van der Waals surface area contributed by atoms with Crippen LogP contribution in [0.2, 0.25) is 0 Å². The summed E-state index contributed by atoms with van der Waals surface area (Å²) in [4.78, 5) is 18.0. The lowest BCUT2D eigenvalue weighted by Gasteiger charge is -1.67. The van der Waals surface area contributed by atoms with Crippen LogP contribution in [0.5, 0.6) is 0 Å². The molecule has 0 aliphatic rings. The molecule has 0 aromatic rings. The van der Waals surface area contributed by atoms with Crippen LogP contribution in [-0.4, -0.2) is 24.7 Å². The van der Waals surface area contributed by atoms with Crippen molar-refractivity contribution in [3.8, 4) is 0 Å². The van der Waals surface area contributed by atoms with E-state index in [1.165, 1.54) is 7.11 Å². The highest BCUT2D eigenvalue weighted by molar-refractivity contribution is 5.62. The zero-order chi connectivity index (χ0) is 6.99. The Hall–Kier alpha value is -1.06. The molecule has 0 aliphatic heterocycles. The number of carboxylic acids is 1. The molecule has 0 rings (SSSR count). The maximum Gasteiger partial charge on any atom is 0.300 e. The molecule has 0 spiro atoms. The van der Waals surface area contributed by atoms with Gasteiger partial charge in [0.05, 0.1) is 7.11 Å². The van der Waals surface area contributed by atoms with Gasteiger partial charge in [0.2, 0.25) is 0 Å². The molecule has 0 unspecified atom stereocenters. The second-order valence-corrected chi connectivity index (χ2v) is 0.851. The highest BCUT2D eigenvalue weighted by Gasteiger charge is 1.65. The van der Waals surface area contributed by atoms with Crippen LogP contribution in [0.25, 0.3) is 0 Å². The number of carbonyl (C=O) groups excluding carboxylic acids is 1. The van der Waals surface area contributed by atoms with Crippen LogP contribution < -0.4 is 0 Å². The third-order valence-electron chi connectivity index (χ3n) is 0.0962. The normalized spacial score (nSPS) is 5.75. The number of aliphatic carboxylic acids is 1. The maximum absolute atomic E-state index is 9.00. The number of carbonyl (C=O) groups is 2. The molecule has 0 amide bonds. The first-order valence-corrected chi connectivity index (χ1v) is 1.81. The molecule has 0 aromatic carbocycles. The quantitative estimate of drug-likeness (QED) is 0.490. The fourth-order valence-corrected chi connectivity index (χ4v) is 0. The van der Waals surface area contributed by atoms with Gasteiger partial charge in [-0.2, -0.15) is 0 Å².